The monoisotopic (exact) mass is 281 g/mol. The van der Waals surface area contributed by atoms with Crippen molar-refractivity contribution >= 4 is 21.6 Å². The molecule has 0 amide bonds. The average molecular weight is 282 g/mol. The van der Waals surface area contributed by atoms with Gasteiger partial charge in [0.15, 0.2) is 0 Å². The molecule has 0 aliphatic rings. The number of pyridine rings is 1. The molecule has 0 bridgehead atoms. The van der Waals surface area contributed by atoms with Crippen LogP contribution in [-0.4, -0.2) is 10.7 Å². The highest BCUT2D eigenvalue weighted by molar-refractivity contribution is 9.10. The first kappa shape index (κ1) is 12.9. The highest BCUT2D eigenvalue weighted by Crippen LogP contribution is 2.20. The maximum Gasteiger partial charge on any atom is 0.106 e. The molecular formula is C12H16BrN3. The molecule has 0 unspecified atom stereocenters. The molecule has 0 fully saturated rings. The molecule has 0 aliphatic carbocycles. The normalized spacial score (nSPS) is 12.6. The third kappa shape index (κ3) is 3.45. The molecule has 4 heteroatoms. The van der Waals surface area contributed by atoms with Crippen molar-refractivity contribution in [3.63, 3.8) is 0 Å². The molecule has 0 atom stereocenters. The second-order valence-electron chi connectivity index (χ2n) is 4.61. The highest BCUT2D eigenvalue weighted by Gasteiger charge is 2.14. The summed E-state index contributed by atoms with van der Waals surface area (Å²) in [6.07, 6.45) is 1.66. The zero-order valence-corrected chi connectivity index (χ0v) is 11.3. The molecule has 1 aromatic rings. The number of rotatable bonds is 2. The lowest BCUT2D eigenvalue weighted by molar-refractivity contribution is 0.498. The Bertz CT molecular complexity index is 430. The fourth-order valence-corrected chi connectivity index (χ4v) is 1.35. The topological polar surface area (TPSA) is 62.8 Å². The Morgan fingerprint density at radius 2 is 2.06 bits per heavy atom. The zero-order valence-electron chi connectivity index (χ0n) is 9.71. The van der Waals surface area contributed by atoms with E-state index in [0.717, 1.165) is 4.60 Å². The summed E-state index contributed by atoms with van der Waals surface area (Å²) < 4.78 is 0.720. The van der Waals surface area contributed by atoms with Crippen molar-refractivity contribution in [2.24, 2.45) is 11.1 Å². The average Bonchev–Trinajstić information content (AvgIpc) is 2.16. The molecule has 3 N–H and O–H groups in total. The summed E-state index contributed by atoms with van der Waals surface area (Å²) in [7, 11) is 0. The molecule has 0 saturated carbocycles. The lowest BCUT2D eigenvalue weighted by Gasteiger charge is -2.18. The van der Waals surface area contributed by atoms with Crippen LogP contribution in [0.15, 0.2) is 34.6 Å². The van der Waals surface area contributed by atoms with Crippen LogP contribution >= 0.6 is 15.9 Å². The first-order chi connectivity index (χ1) is 7.30. The largest absolute Gasteiger partial charge is 0.402 e. The molecule has 0 radical (unpaired) electrons. The Kier molecular flexibility index (Phi) is 3.86. The summed E-state index contributed by atoms with van der Waals surface area (Å²) >= 11 is 3.28. The highest BCUT2D eigenvalue weighted by atomic mass is 79.9. The summed E-state index contributed by atoms with van der Waals surface area (Å²) in [4.78, 5) is 4.20. The first-order valence-electron chi connectivity index (χ1n) is 5.00. The summed E-state index contributed by atoms with van der Waals surface area (Å²) in [5.41, 5.74) is 7.40. The summed E-state index contributed by atoms with van der Waals surface area (Å²) in [5.74, 6) is 0. The number of hydrogen-bond acceptors (Lipinski definition) is 3. The van der Waals surface area contributed by atoms with Gasteiger partial charge in [-0.15, -0.1) is 0 Å². The quantitative estimate of drug-likeness (QED) is 0.646. The molecule has 1 rings (SSSR count). The van der Waals surface area contributed by atoms with E-state index in [4.69, 9.17) is 11.1 Å². The van der Waals surface area contributed by atoms with Gasteiger partial charge in [0.05, 0.1) is 11.4 Å². The van der Waals surface area contributed by atoms with Crippen molar-refractivity contribution in [2.75, 3.05) is 0 Å². The van der Waals surface area contributed by atoms with Crippen LogP contribution in [0, 0.1) is 10.8 Å². The molecular weight excluding hydrogens is 266 g/mol. The maximum atomic E-state index is 7.90. The Hall–Kier alpha value is -1.16. The minimum absolute atomic E-state index is 0.127. The summed E-state index contributed by atoms with van der Waals surface area (Å²) in [5, 5.41) is 7.90. The third-order valence-electron chi connectivity index (χ3n) is 2.16. The minimum atomic E-state index is -0.127. The summed E-state index contributed by atoms with van der Waals surface area (Å²) in [6.45, 7) is 6.04. The predicted octanol–water partition coefficient (Wildman–Crippen LogP) is 3.10. The van der Waals surface area contributed by atoms with Gasteiger partial charge in [-0.3, -0.25) is 5.41 Å². The van der Waals surface area contributed by atoms with Crippen molar-refractivity contribution in [3.05, 3.63) is 40.3 Å². The molecule has 0 aliphatic heterocycles. The standard InChI is InChI=1S/C12H16BrN3/c1-12(2,3)10(15)7-8(14)9-5-4-6-11(13)16-9/h4-7,14H,15H2,1-3H3. The van der Waals surface area contributed by atoms with Crippen molar-refractivity contribution in [1.29, 1.82) is 5.41 Å². The number of aromatic nitrogens is 1. The van der Waals surface area contributed by atoms with Crippen molar-refractivity contribution in [3.8, 4) is 0 Å². The number of allylic oxidation sites excluding steroid dienone is 2. The van der Waals surface area contributed by atoms with Crippen LogP contribution in [0.4, 0.5) is 0 Å². The minimum Gasteiger partial charge on any atom is -0.402 e. The van der Waals surface area contributed by atoms with E-state index in [1.165, 1.54) is 0 Å². The van der Waals surface area contributed by atoms with Gasteiger partial charge in [0.1, 0.15) is 4.60 Å². The van der Waals surface area contributed by atoms with Gasteiger partial charge in [-0.1, -0.05) is 26.8 Å². The molecule has 16 heavy (non-hydrogen) atoms. The van der Waals surface area contributed by atoms with E-state index in [9.17, 15) is 0 Å². The van der Waals surface area contributed by atoms with Crippen molar-refractivity contribution in [2.45, 2.75) is 20.8 Å². The van der Waals surface area contributed by atoms with Crippen LogP contribution in [0.1, 0.15) is 26.5 Å². The lowest BCUT2D eigenvalue weighted by atomic mass is 9.91. The van der Waals surface area contributed by atoms with E-state index in [2.05, 4.69) is 20.9 Å². The van der Waals surface area contributed by atoms with E-state index in [1.54, 1.807) is 12.1 Å². The number of nitrogens with zero attached hydrogens (tertiary/aromatic N) is 1. The molecule has 1 aromatic heterocycles. The van der Waals surface area contributed by atoms with Crippen LogP contribution in [0.3, 0.4) is 0 Å². The van der Waals surface area contributed by atoms with Gasteiger partial charge in [0.2, 0.25) is 0 Å². The molecule has 3 nitrogen and oxygen atoms in total. The van der Waals surface area contributed by atoms with Gasteiger partial charge in [-0.05, 0) is 34.1 Å². The zero-order chi connectivity index (χ0) is 12.3. The fraction of sp³-hybridized carbons (Fsp3) is 0.333. The van der Waals surface area contributed by atoms with E-state index in [0.29, 0.717) is 17.1 Å². The number of hydrogen-bond donors (Lipinski definition) is 2. The van der Waals surface area contributed by atoms with Gasteiger partial charge in [-0.25, -0.2) is 4.98 Å². The number of nitrogens with two attached hydrogens (primary N) is 1. The van der Waals surface area contributed by atoms with Gasteiger partial charge in [-0.2, -0.15) is 0 Å². The maximum absolute atomic E-state index is 7.90. The Morgan fingerprint density at radius 1 is 1.44 bits per heavy atom. The van der Waals surface area contributed by atoms with Gasteiger partial charge in [0.25, 0.3) is 0 Å². The van der Waals surface area contributed by atoms with E-state index < -0.39 is 0 Å². The Morgan fingerprint density at radius 3 is 2.56 bits per heavy atom. The van der Waals surface area contributed by atoms with Crippen molar-refractivity contribution < 1.29 is 0 Å². The Balaban J connectivity index is 2.97. The van der Waals surface area contributed by atoms with Gasteiger partial charge >= 0.3 is 0 Å². The third-order valence-corrected chi connectivity index (χ3v) is 2.60. The van der Waals surface area contributed by atoms with Crippen molar-refractivity contribution in [1.82, 2.24) is 4.98 Å². The van der Waals surface area contributed by atoms with Crippen LogP contribution in [0.5, 0.6) is 0 Å². The van der Waals surface area contributed by atoms with Crippen LogP contribution in [0.25, 0.3) is 0 Å². The first-order valence-corrected chi connectivity index (χ1v) is 5.79. The predicted molar refractivity (Wildman–Crippen MR) is 70.5 cm³/mol. The number of nitrogens with one attached hydrogen (secondary N) is 1. The second-order valence-corrected chi connectivity index (χ2v) is 5.42. The van der Waals surface area contributed by atoms with Crippen LogP contribution < -0.4 is 5.73 Å². The number of halogens is 1. The van der Waals surface area contributed by atoms with E-state index >= 15 is 0 Å². The van der Waals surface area contributed by atoms with Gasteiger partial charge in [0, 0.05) is 11.1 Å². The van der Waals surface area contributed by atoms with E-state index in [1.807, 2.05) is 32.9 Å². The van der Waals surface area contributed by atoms with Crippen LogP contribution in [0.2, 0.25) is 0 Å². The van der Waals surface area contributed by atoms with E-state index in [-0.39, 0.29) is 5.41 Å². The molecule has 0 spiro atoms. The molecule has 1 heterocycles. The van der Waals surface area contributed by atoms with Crippen LogP contribution in [-0.2, 0) is 0 Å². The second kappa shape index (κ2) is 4.78. The Labute approximate surface area is 104 Å². The SMILES string of the molecule is CC(C)(C)C(N)=CC(=N)c1cccc(Br)n1. The lowest BCUT2D eigenvalue weighted by Crippen LogP contribution is -2.18. The fourth-order valence-electron chi connectivity index (χ4n) is 1.00. The van der Waals surface area contributed by atoms with Gasteiger partial charge < -0.3 is 5.73 Å². The smallest absolute Gasteiger partial charge is 0.106 e. The molecule has 86 valence electrons. The molecule has 0 saturated heterocycles. The molecule has 0 aromatic carbocycles. The summed E-state index contributed by atoms with van der Waals surface area (Å²) in [6, 6.07) is 5.47.